The van der Waals surface area contributed by atoms with Crippen molar-refractivity contribution in [3.8, 4) is 0 Å². The minimum atomic E-state index is -0.834. The number of carbonyl (C=O) groups excluding carboxylic acids is 3. The first kappa shape index (κ1) is 16.3. The van der Waals surface area contributed by atoms with E-state index in [1.165, 1.54) is 0 Å². The molecule has 0 fully saturated rings. The number of methoxy groups -OCH3 is 2. The highest BCUT2D eigenvalue weighted by atomic mass is 16.5. The lowest BCUT2D eigenvalue weighted by Crippen LogP contribution is -2.20. The van der Waals surface area contributed by atoms with Crippen molar-refractivity contribution in [1.29, 1.82) is 0 Å². The van der Waals surface area contributed by atoms with Crippen molar-refractivity contribution in [2.24, 2.45) is 0 Å². The standard InChI is InChI=1S/C15H15N3O5/c1-9-4-6-10(7-5-9)11(19)8-18-13(15(21)23-3)12(16-17-18)14(20)22-2/h4-7H,8H2,1-3H3. The maximum Gasteiger partial charge on any atom is 0.361 e. The first-order valence-electron chi connectivity index (χ1n) is 6.68. The van der Waals surface area contributed by atoms with Crippen LogP contribution in [0.4, 0.5) is 0 Å². The quantitative estimate of drug-likeness (QED) is 0.600. The van der Waals surface area contributed by atoms with Crippen molar-refractivity contribution >= 4 is 17.7 Å². The highest BCUT2D eigenvalue weighted by Crippen LogP contribution is 2.11. The van der Waals surface area contributed by atoms with E-state index in [9.17, 15) is 14.4 Å². The molecule has 0 amide bonds. The van der Waals surface area contributed by atoms with Gasteiger partial charge in [0.15, 0.2) is 11.5 Å². The molecule has 0 aliphatic heterocycles. The van der Waals surface area contributed by atoms with Gasteiger partial charge < -0.3 is 9.47 Å². The summed E-state index contributed by atoms with van der Waals surface area (Å²) in [5.74, 6) is -1.94. The fourth-order valence-electron chi connectivity index (χ4n) is 1.92. The fourth-order valence-corrected chi connectivity index (χ4v) is 1.92. The van der Waals surface area contributed by atoms with Gasteiger partial charge in [-0.2, -0.15) is 0 Å². The van der Waals surface area contributed by atoms with E-state index in [-0.39, 0.29) is 23.7 Å². The number of nitrogens with zero attached hydrogens (tertiary/aromatic N) is 3. The molecule has 1 aromatic heterocycles. The molecule has 0 aliphatic carbocycles. The third-order valence-electron chi connectivity index (χ3n) is 3.16. The lowest BCUT2D eigenvalue weighted by Gasteiger charge is -2.06. The van der Waals surface area contributed by atoms with Gasteiger partial charge in [-0.25, -0.2) is 14.3 Å². The Balaban J connectivity index is 2.34. The summed E-state index contributed by atoms with van der Waals surface area (Å²) in [5, 5.41) is 7.28. The molecule has 1 heterocycles. The second kappa shape index (κ2) is 6.82. The molecule has 0 spiro atoms. The van der Waals surface area contributed by atoms with Gasteiger partial charge in [-0.15, -0.1) is 5.10 Å². The zero-order valence-electron chi connectivity index (χ0n) is 12.9. The van der Waals surface area contributed by atoms with Gasteiger partial charge in [0.05, 0.1) is 14.2 Å². The molecular formula is C15H15N3O5. The van der Waals surface area contributed by atoms with Gasteiger partial charge in [0.25, 0.3) is 0 Å². The summed E-state index contributed by atoms with van der Waals surface area (Å²) in [6.07, 6.45) is 0. The first-order chi connectivity index (χ1) is 11.0. The van der Waals surface area contributed by atoms with Crippen molar-refractivity contribution in [2.45, 2.75) is 13.5 Å². The van der Waals surface area contributed by atoms with Crippen LogP contribution in [0.15, 0.2) is 24.3 Å². The Bertz CT molecular complexity index is 749. The van der Waals surface area contributed by atoms with Crippen LogP contribution in [0.3, 0.4) is 0 Å². The number of aromatic nitrogens is 3. The van der Waals surface area contributed by atoms with Gasteiger partial charge in [-0.1, -0.05) is 35.0 Å². The van der Waals surface area contributed by atoms with Crippen molar-refractivity contribution < 1.29 is 23.9 Å². The summed E-state index contributed by atoms with van der Waals surface area (Å²) in [6.45, 7) is 1.65. The number of carbonyl (C=O) groups is 3. The minimum Gasteiger partial charge on any atom is -0.464 e. The van der Waals surface area contributed by atoms with E-state index < -0.39 is 11.9 Å². The maximum atomic E-state index is 12.3. The predicted octanol–water partition coefficient (Wildman–Crippen LogP) is 1.04. The van der Waals surface area contributed by atoms with Gasteiger partial charge in [0, 0.05) is 5.56 Å². The number of ketones is 1. The van der Waals surface area contributed by atoms with Gasteiger partial charge in [-0.3, -0.25) is 4.79 Å². The number of esters is 2. The molecule has 0 aliphatic rings. The Labute approximate surface area is 132 Å². The second-order valence-corrected chi connectivity index (χ2v) is 4.72. The SMILES string of the molecule is COC(=O)c1nnn(CC(=O)c2ccc(C)cc2)c1C(=O)OC. The summed E-state index contributed by atoms with van der Waals surface area (Å²) in [4.78, 5) is 35.8. The maximum absolute atomic E-state index is 12.3. The second-order valence-electron chi connectivity index (χ2n) is 4.72. The number of hydrogen-bond acceptors (Lipinski definition) is 7. The Morgan fingerprint density at radius 1 is 1.04 bits per heavy atom. The van der Waals surface area contributed by atoms with Crippen LogP contribution in [-0.4, -0.2) is 46.9 Å². The average Bonchev–Trinajstić information content (AvgIpc) is 2.97. The third-order valence-corrected chi connectivity index (χ3v) is 3.16. The molecule has 8 nitrogen and oxygen atoms in total. The molecular weight excluding hydrogens is 302 g/mol. The van der Waals surface area contributed by atoms with Gasteiger partial charge in [0.2, 0.25) is 5.69 Å². The van der Waals surface area contributed by atoms with Gasteiger partial charge in [-0.05, 0) is 6.92 Å². The molecule has 0 radical (unpaired) electrons. The monoisotopic (exact) mass is 317 g/mol. The largest absolute Gasteiger partial charge is 0.464 e. The molecule has 0 saturated carbocycles. The molecule has 0 bridgehead atoms. The summed E-state index contributed by atoms with van der Waals surface area (Å²) in [7, 11) is 2.31. The van der Waals surface area contributed by atoms with E-state index in [2.05, 4.69) is 19.8 Å². The lowest BCUT2D eigenvalue weighted by atomic mass is 10.1. The van der Waals surface area contributed by atoms with Crippen LogP contribution in [-0.2, 0) is 16.0 Å². The summed E-state index contributed by atoms with van der Waals surface area (Å²) in [5.41, 5.74) is 0.961. The van der Waals surface area contributed by atoms with Crippen LogP contribution in [0.2, 0.25) is 0 Å². The van der Waals surface area contributed by atoms with Crippen molar-refractivity contribution in [2.75, 3.05) is 14.2 Å². The van der Waals surface area contributed by atoms with Gasteiger partial charge in [0.1, 0.15) is 6.54 Å². The molecule has 23 heavy (non-hydrogen) atoms. The van der Waals surface area contributed by atoms with E-state index in [1.54, 1.807) is 24.3 Å². The molecule has 0 unspecified atom stereocenters. The zero-order chi connectivity index (χ0) is 17.0. The minimum absolute atomic E-state index is 0.222. The van der Waals surface area contributed by atoms with Gasteiger partial charge >= 0.3 is 11.9 Å². The summed E-state index contributed by atoms with van der Waals surface area (Å²) >= 11 is 0. The molecule has 120 valence electrons. The molecule has 0 atom stereocenters. The smallest absolute Gasteiger partial charge is 0.361 e. The van der Waals surface area contributed by atoms with Crippen LogP contribution < -0.4 is 0 Å². The Kier molecular flexibility index (Phi) is 4.85. The van der Waals surface area contributed by atoms with E-state index in [0.717, 1.165) is 24.5 Å². The molecule has 2 rings (SSSR count). The van der Waals surface area contributed by atoms with Crippen molar-refractivity contribution in [3.63, 3.8) is 0 Å². The molecule has 8 heteroatoms. The summed E-state index contributed by atoms with van der Waals surface area (Å²) < 4.78 is 10.2. The topological polar surface area (TPSA) is 100 Å². The zero-order valence-corrected chi connectivity index (χ0v) is 12.9. The van der Waals surface area contributed by atoms with Crippen LogP contribution in [0.25, 0.3) is 0 Å². The number of Topliss-reactive ketones (excluding diaryl/α,β-unsaturated/α-hetero) is 1. The van der Waals surface area contributed by atoms with E-state index in [0.29, 0.717) is 5.56 Å². The summed E-state index contributed by atoms with van der Waals surface area (Å²) in [6, 6.07) is 6.95. The third kappa shape index (κ3) is 3.42. The number of rotatable bonds is 5. The molecule has 0 saturated heterocycles. The highest BCUT2D eigenvalue weighted by molar-refractivity contribution is 6.01. The van der Waals surface area contributed by atoms with Crippen LogP contribution in [0.1, 0.15) is 36.9 Å². The molecule has 1 aromatic carbocycles. The Morgan fingerprint density at radius 2 is 1.65 bits per heavy atom. The Morgan fingerprint density at radius 3 is 2.22 bits per heavy atom. The average molecular weight is 317 g/mol. The van der Waals surface area contributed by atoms with Crippen LogP contribution >= 0.6 is 0 Å². The van der Waals surface area contributed by atoms with E-state index in [4.69, 9.17) is 0 Å². The Hall–Kier alpha value is -3.03. The number of hydrogen-bond donors (Lipinski definition) is 0. The van der Waals surface area contributed by atoms with E-state index >= 15 is 0 Å². The number of ether oxygens (including phenoxy) is 2. The molecule has 0 N–H and O–H groups in total. The van der Waals surface area contributed by atoms with Crippen molar-refractivity contribution in [1.82, 2.24) is 15.0 Å². The molecule has 2 aromatic rings. The first-order valence-corrected chi connectivity index (χ1v) is 6.68. The van der Waals surface area contributed by atoms with E-state index in [1.807, 2.05) is 6.92 Å². The van der Waals surface area contributed by atoms with Crippen LogP contribution in [0, 0.1) is 6.92 Å². The lowest BCUT2D eigenvalue weighted by molar-refractivity contribution is 0.0543. The van der Waals surface area contributed by atoms with Crippen LogP contribution in [0.5, 0.6) is 0 Å². The van der Waals surface area contributed by atoms with Crippen molar-refractivity contribution in [3.05, 3.63) is 46.8 Å². The number of aryl methyl sites for hydroxylation is 1. The number of benzene rings is 1. The highest BCUT2D eigenvalue weighted by Gasteiger charge is 2.27. The predicted molar refractivity (Wildman–Crippen MR) is 78.2 cm³/mol. The normalized spacial score (nSPS) is 10.2. The fraction of sp³-hybridized carbons (Fsp3) is 0.267.